The molecular weight excluding hydrogens is 248 g/mol. The minimum atomic E-state index is 0.466. The van der Waals surface area contributed by atoms with E-state index in [9.17, 15) is 0 Å². The second-order valence-corrected chi connectivity index (χ2v) is 5.59. The zero-order valence-electron chi connectivity index (χ0n) is 10.7. The van der Waals surface area contributed by atoms with E-state index in [0.29, 0.717) is 11.2 Å². The summed E-state index contributed by atoms with van der Waals surface area (Å²) >= 11 is 5.80. The Bertz CT molecular complexity index is 408. The summed E-state index contributed by atoms with van der Waals surface area (Å²) in [6.45, 7) is 6.89. The molecule has 2 aliphatic rings. The van der Waals surface area contributed by atoms with Gasteiger partial charge in [0.05, 0.1) is 0 Å². The molecule has 0 amide bonds. The number of halogens is 1. The van der Waals surface area contributed by atoms with Gasteiger partial charge < -0.3 is 9.80 Å². The van der Waals surface area contributed by atoms with Crippen molar-refractivity contribution in [2.24, 2.45) is 5.92 Å². The van der Waals surface area contributed by atoms with Crippen molar-refractivity contribution < 1.29 is 0 Å². The summed E-state index contributed by atoms with van der Waals surface area (Å²) < 4.78 is 0. The topological polar surface area (TPSA) is 32.3 Å². The lowest BCUT2D eigenvalue weighted by Gasteiger charge is -2.38. The van der Waals surface area contributed by atoms with Crippen molar-refractivity contribution >= 4 is 17.4 Å². The van der Waals surface area contributed by atoms with Crippen LogP contribution in [0.5, 0.6) is 0 Å². The lowest BCUT2D eigenvalue weighted by atomic mass is 9.92. The Hall–Kier alpha value is -0.870. The molecule has 18 heavy (non-hydrogen) atoms. The fourth-order valence-electron chi connectivity index (χ4n) is 3.24. The molecule has 4 nitrogen and oxygen atoms in total. The summed E-state index contributed by atoms with van der Waals surface area (Å²) in [7, 11) is 0. The normalized spacial score (nSPS) is 28.4. The molecule has 1 aromatic rings. The molecule has 0 saturated carbocycles. The van der Waals surface area contributed by atoms with Crippen LogP contribution >= 0.6 is 11.6 Å². The van der Waals surface area contributed by atoms with Crippen LogP contribution in [0.3, 0.4) is 0 Å². The fourth-order valence-corrected chi connectivity index (χ4v) is 3.34. The Morgan fingerprint density at radius 3 is 2.83 bits per heavy atom. The lowest BCUT2D eigenvalue weighted by molar-refractivity contribution is 0.182. The minimum absolute atomic E-state index is 0.466. The first-order valence-electron chi connectivity index (χ1n) is 6.76. The van der Waals surface area contributed by atoms with Gasteiger partial charge in [0.1, 0.15) is 0 Å². The molecule has 2 saturated heterocycles. The van der Waals surface area contributed by atoms with Crippen LogP contribution in [0, 0.1) is 5.92 Å². The lowest BCUT2D eigenvalue weighted by Crippen LogP contribution is -2.48. The van der Waals surface area contributed by atoms with Crippen molar-refractivity contribution in [1.82, 2.24) is 15.1 Å². The molecule has 1 aromatic heterocycles. The second-order valence-electron chi connectivity index (χ2n) is 5.21. The molecule has 0 bridgehead atoms. The number of hydrogen-bond acceptors (Lipinski definition) is 4. The molecule has 5 heteroatoms. The van der Waals surface area contributed by atoms with Crippen LogP contribution in [-0.2, 0) is 0 Å². The van der Waals surface area contributed by atoms with Crippen molar-refractivity contribution in [2.75, 3.05) is 31.1 Å². The highest BCUT2D eigenvalue weighted by atomic mass is 35.5. The highest BCUT2D eigenvalue weighted by Gasteiger charge is 2.38. The molecule has 0 unspecified atom stereocenters. The van der Waals surface area contributed by atoms with E-state index in [2.05, 4.69) is 26.9 Å². The van der Waals surface area contributed by atoms with Crippen LogP contribution in [0.4, 0.5) is 5.82 Å². The average molecular weight is 267 g/mol. The number of likely N-dealkylation sites (N-methyl/N-ethyl adjacent to an activating group) is 1. The molecule has 0 spiro atoms. The predicted octanol–water partition coefficient (Wildman–Crippen LogP) is 2.05. The number of hydrogen-bond donors (Lipinski definition) is 0. The predicted molar refractivity (Wildman–Crippen MR) is 73.0 cm³/mol. The molecule has 3 heterocycles. The van der Waals surface area contributed by atoms with Gasteiger partial charge in [0.25, 0.3) is 0 Å². The number of nitrogens with zero attached hydrogens (tertiary/aromatic N) is 4. The van der Waals surface area contributed by atoms with Crippen LogP contribution in [0.25, 0.3) is 0 Å². The Morgan fingerprint density at radius 2 is 2.11 bits per heavy atom. The SMILES string of the molecule is CCN1CC[C@H]2CCN(c3ccc(Cl)nn3)[C@H]2C1. The Morgan fingerprint density at radius 1 is 1.28 bits per heavy atom. The summed E-state index contributed by atoms with van der Waals surface area (Å²) in [5, 5.41) is 8.65. The Labute approximate surface area is 113 Å². The van der Waals surface area contributed by atoms with Gasteiger partial charge in [-0.1, -0.05) is 18.5 Å². The van der Waals surface area contributed by atoms with Gasteiger partial charge in [-0.2, -0.15) is 0 Å². The zero-order valence-corrected chi connectivity index (χ0v) is 11.5. The van der Waals surface area contributed by atoms with Crippen molar-refractivity contribution in [2.45, 2.75) is 25.8 Å². The standard InChI is InChI=1S/C13H19ClN4/c1-2-17-7-5-10-6-8-18(11(10)9-17)13-4-3-12(14)15-16-13/h3-4,10-11H,2,5-9H2,1H3/t10-,11-/m0/s1. The molecule has 0 aromatic carbocycles. The first-order valence-corrected chi connectivity index (χ1v) is 7.14. The number of aromatic nitrogens is 2. The van der Waals surface area contributed by atoms with Crippen LogP contribution in [-0.4, -0.2) is 47.3 Å². The molecule has 98 valence electrons. The zero-order chi connectivity index (χ0) is 12.5. The van der Waals surface area contributed by atoms with Gasteiger partial charge in [-0.3, -0.25) is 0 Å². The Kier molecular flexibility index (Phi) is 3.39. The summed E-state index contributed by atoms with van der Waals surface area (Å²) in [5.74, 6) is 1.80. The first-order chi connectivity index (χ1) is 8.78. The number of anilines is 1. The number of fused-ring (bicyclic) bond motifs is 1. The minimum Gasteiger partial charge on any atom is -0.351 e. The van der Waals surface area contributed by atoms with Gasteiger partial charge in [-0.05, 0) is 44.0 Å². The van der Waals surface area contributed by atoms with Crippen molar-refractivity contribution in [3.05, 3.63) is 17.3 Å². The summed E-state index contributed by atoms with van der Waals surface area (Å²) in [5.41, 5.74) is 0. The van der Waals surface area contributed by atoms with Gasteiger partial charge in [0.15, 0.2) is 11.0 Å². The van der Waals surface area contributed by atoms with E-state index in [1.165, 1.54) is 19.4 Å². The Balaban J connectivity index is 1.78. The monoisotopic (exact) mass is 266 g/mol. The van der Waals surface area contributed by atoms with E-state index < -0.39 is 0 Å². The van der Waals surface area contributed by atoms with Crippen LogP contribution in [0.15, 0.2) is 12.1 Å². The number of likely N-dealkylation sites (tertiary alicyclic amines) is 1. The van der Waals surface area contributed by atoms with Gasteiger partial charge >= 0.3 is 0 Å². The molecule has 0 N–H and O–H groups in total. The van der Waals surface area contributed by atoms with E-state index in [0.717, 1.165) is 31.4 Å². The van der Waals surface area contributed by atoms with E-state index in [4.69, 9.17) is 11.6 Å². The fraction of sp³-hybridized carbons (Fsp3) is 0.692. The highest BCUT2D eigenvalue weighted by molar-refractivity contribution is 6.29. The van der Waals surface area contributed by atoms with Crippen molar-refractivity contribution in [3.8, 4) is 0 Å². The van der Waals surface area contributed by atoms with Gasteiger partial charge in [-0.25, -0.2) is 0 Å². The molecule has 2 fully saturated rings. The summed E-state index contributed by atoms with van der Waals surface area (Å²) in [6.07, 6.45) is 2.60. The smallest absolute Gasteiger partial charge is 0.151 e. The summed E-state index contributed by atoms with van der Waals surface area (Å²) in [6, 6.07) is 4.43. The third-order valence-electron chi connectivity index (χ3n) is 4.31. The third kappa shape index (κ3) is 2.19. The maximum Gasteiger partial charge on any atom is 0.151 e. The second kappa shape index (κ2) is 5.02. The maximum atomic E-state index is 5.80. The summed E-state index contributed by atoms with van der Waals surface area (Å²) in [4.78, 5) is 4.94. The third-order valence-corrected chi connectivity index (χ3v) is 4.51. The van der Waals surface area contributed by atoms with E-state index in [-0.39, 0.29) is 0 Å². The highest BCUT2D eigenvalue weighted by Crippen LogP contribution is 2.34. The molecular formula is C13H19ClN4. The van der Waals surface area contributed by atoms with Crippen LogP contribution < -0.4 is 4.90 Å². The largest absolute Gasteiger partial charge is 0.351 e. The quantitative estimate of drug-likeness (QED) is 0.820. The van der Waals surface area contributed by atoms with Crippen molar-refractivity contribution in [3.63, 3.8) is 0 Å². The number of piperidine rings is 1. The first kappa shape index (κ1) is 12.2. The van der Waals surface area contributed by atoms with E-state index in [1.807, 2.05) is 12.1 Å². The van der Waals surface area contributed by atoms with E-state index >= 15 is 0 Å². The molecule has 0 radical (unpaired) electrons. The maximum absolute atomic E-state index is 5.80. The van der Waals surface area contributed by atoms with Gasteiger partial charge in [-0.15, -0.1) is 10.2 Å². The van der Waals surface area contributed by atoms with E-state index in [1.54, 1.807) is 0 Å². The molecule has 0 aliphatic carbocycles. The van der Waals surface area contributed by atoms with Crippen molar-refractivity contribution in [1.29, 1.82) is 0 Å². The molecule has 3 rings (SSSR count). The molecule has 2 aliphatic heterocycles. The van der Waals surface area contributed by atoms with Gasteiger partial charge in [0, 0.05) is 19.1 Å². The van der Waals surface area contributed by atoms with Crippen LogP contribution in [0.1, 0.15) is 19.8 Å². The van der Waals surface area contributed by atoms with Crippen LogP contribution in [0.2, 0.25) is 5.15 Å². The van der Waals surface area contributed by atoms with Gasteiger partial charge in [0.2, 0.25) is 0 Å². The molecule has 2 atom stereocenters. The number of rotatable bonds is 2. The average Bonchev–Trinajstić information content (AvgIpc) is 2.82.